The van der Waals surface area contributed by atoms with Gasteiger partial charge in [0.1, 0.15) is 0 Å². The van der Waals surface area contributed by atoms with Gasteiger partial charge >= 0.3 is 23.9 Å². The Balaban J connectivity index is 0.000000425. The number of piperidine rings is 1. The monoisotopic (exact) mass is 722 g/mol. The number of aliphatic hydroxyl groups is 1. The molecule has 49 heavy (non-hydrogen) atoms. The molecule has 13 nitrogen and oxygen atoms in total. The van der Waals surface area contributed by atoms with Crippen LogP contribution in [0.3, 0.4) is 0 Å². The maximum atomic E-state index is 13.0. The summed E-state index contributed by atoms with van der Waals surface area (Å²) < 4.78 is 0. The second-order valence-corrected chi connectivity index (χ2v) is 13.6. The summed E-state index contributed by atoms with van der Waals surface area (Å²) in [4.78, 5) is 62.2. The van der Waals surface area contributed by atoms with Crippen LogP contribution in [0.4, 0.5) is 4.79 Å². The maximum absolute atomic E-state index is 13.0. The Morgan fingerprint density at radius 3 is 2.10 bits per heavy atom. The van der Waals surface area contributed by atoms with E-state index in [0.717, 1.165) is 64.0 Å². The lowest BCUT2D eigenvalue weighted by Crippen LogP contribution is -2.60. The van der Waals surface area contributed by atoms with Crippen LogP contribution in [0, 0.1) is 0 Å². The fourth-order valence-corrected chi connectivity index (χ4v) is 6.38. The number of hydrogen-bond acceptors (Lipinski definition) is 7. The molecular weight excluding hydrogens is 679 g/mol. The van der Waals surface area contributed by atoms with Gasteiger partial charge in [-0.3, -0.25) is 14.4 Å². The van der Waals surface area contributed by atoms with Gasteiger partial charge in [0, 0.05) is 56.8 Å². The van der Waals surface area contributed by atoms with Gasteiger partial charge in [-0.2, -0.15) is 0 Å². The van der Waals surface area contributed by atoms with Gasteiger partial charge in [-0.25, -0.2) is 9.59 Å². The van der Waals surface area contributed by atoms with Gasteiger partial charge in [0.2, 0.25) is 0 Å². The number of amides is 3. The minimum absolute atomic E-state index is 0.00853. The Labute approximate surface area is 295 Å². The molecule has 2 heterocycles. The zero-order valence-electron chi connectivity index (χ0n) is 27.6. The largest absolute Gasteiger partial charge is 0.481 e. The summed E-state index contributed by atoms with van der Waals surface area (Å²) in [5.74, 6) is -4.89. The van der Waals surface area contributed by atoms with E-state index in [1.54, 1.807) is 4.90 Å². The normalized spacial score (nSPS) is 16.8. The van der Waals surface area contributed by atoms with Crippen molar-refractivity contribution in [3.63, 3.8) is 0 Å². The molecule has 3 amide bonds. The summed E-state index contributed by atoms with van der Waals surface area (Å²) >= 11 is 12.5. The van der Waals surface area contributed by atoms with E-state index in [4.69, 9.17) is 43.6 Å². The molecule has 0 aliphatic carbocycles. The molecule has 0 bridgehead atoms. The summed E-state index contributed by atoms with van der Waals surface area (Å²) in [6, 6.07) is 15.2. The Kier molecular flexibility index (Phi) is 14.2. The minimum Gasteiger partial charge on any atom is -0.481 e. The molecule has 0 saturated carbocycles. The molecule has 5 N–H and O–H groups in total. The molecule has 2 saturated heterocycles. The summed E-state index contributed by atoms with van der Waals surface area (Å²) in [6.07, 6.45) is 1.54. The highest BCUT2D eigenvalue weighted by atomic mass is 35.5. The van der Waals surface area contributed by atoms with Crippen LogP contribution in [0.2, 0.25) is 10.0 Å². The first kappa shape index (κ1) is 39.5. The first-order valence-corrected chi connectivity index (χ1v) is 16.7. The van der Waals surface area contributed by atoms with Crippen LogP contribution in [0.1, 0.15) is 67.3 Å². The average molecular weight is 724 g/mol. The summed E-state index contributed by atoms with van der Waals surface area (Å²) in [5, 5.41) is 37.9. The van der Waals surface area contributed by atoms with Gasteiger partial charge in [0.25, 0.3) is 5.91 Å². The van der Waals surface area contributed by atoms with Crippen LogP contribution in [-0.4, -0.2) is 122 Å². The molecule has 2 aromatic rings. The maximum Gasteiger partial charge on any atom is 0.336 e. The Hall–Kier alpha value is -3.91. The van der Waals surface area contributed by atoms with Crippen LogP contribution in [0.5, 0.6) is 0 Å². The zero-order chi connectivity index (χ0) is 36.4. The lowest BCUT2D eigenvalue weighted by atomic mass is 9.86. The Morgan fingerprint density at radius 2 is 1.57 bits per heavy atom. The van der Waals surface area contributed by atoms with E-state index >= 15 is 0 Å². The standard InChI is InChI=1S/C28H36Cl2N4O2.C6H8O7/c1-28(34-15-6-14-31-27(34)36)12-17-33(18-13-28)16-11-23(22-9-10-24(29)25(30)19-22)20-32(2)26(35)21-7-4-3-5-8-21;7-3(8)1-6(13,5(11)12)2-4(9)10/h3-5,7-10,19,23H,6,11-18,20H2,1-2H3,(H,31,36);13H,1-2H2,(H,7,8)(H,9,10)(H,11,12)/t23-;/m1./s1. The fourth-order valence-electron chi connectivity index (χ4n) is 6.07. The van der Waals surface area contributed by atoms with Crippen molar-refractivity contribution in [1.29, 1.82) is 0 Å². The molecule has 2 fully saturated rings. The topological polar surface area (TPSA) is 188 Å². The predicted octanol–water partition coefficient (Wildman–Crippen LogP) is 4.26. The van der Waals surface area contributed by atoms with Crippen LogP contribution < -0.4 is 5.32 Å². The number of carbonyl (C=O) groups excluding carboxylic acids is 2. The third kappa shape index (κ3) is 11.3. The van der Waals surface area contributed by atoms with Gasteiger partial charge in [0.15, 0.2) is 5.60 Å². The van der Waals surface area contributed by atoms with Crippen LogP contribution >= 0.6 is 23.2 Å². The molecule has 0 aromatic heterocycles. The van der Waals surface area contributed by atoms with Gasteiger partial charge in [0.05, 0.1) is 22.9 Å². The number of hydrogen-bond donors (Lipinski definition) is 5. The van der Waals surface area contributed by atoms with E-state index in [2.05, 4.69) is 17.1 Å². The van der Waals surface area contributed by atoms with E-state index in [0.29, 0.717) is 22.2 Å². The van der Waals surface area contributed by atoms with E-state index in [9.17, 15) is 24.0 Å². The van der Waals surface area contributed by atoms with Crippen LogP contribution in [-0.2, 0) is 14.4 Å². The summed E-state index contributed by atoms with van der Waals surface area (Å²) in [7, 11) is 1.86. The van der Waals surface area contributed by atoms with E-state index in [1.165, 1.54) is 0 Å². The SMILES string of the molecule is CN(C[C@@H](CCN1CCC(C)(N2CCCNC2=O)CC1)c1ccc(Cl)c(Cl)c1)C(=O)c1ccccc1.O=C(O)CC(O)(CC(=O)O)C(=O)O. The van der Waals surface area contributed by atoms with Crippen molar-refractivity contribution in [2.45, 2.75) is 62.5 Å². The van der Waals surface area contributed by atoms with Crippen LogP contribution in [0.25, 0.3) is 0 Å². The Morgan fingerprint density at radius 1 is 0.959 bits per heavy atom. The number of nitrogens with one attached hydrogen (secondary N) is 1. The van der Waals surface area contributed by atoms with Crippen molar-refractivity contribution < 1.29 is 44.4 Å². The third-order valence-electron chi connectivity index (χ3n) is 9.02. The lowest BCUT2D eigenvalue weighted by Gasteiger charge is -2.48. The molecule has 2 aromatic carbocycles. The van der Waals surface area contributed by atoms with Gasteiger partial charge in [-0.1, -0.05) is 47.5 Å². The number of likely N-dealkylation sites (N-methyl/N-ethyl adjacent to an activating group) is 1. The highest BCUT2D eigenvalue weighted by Gasteiger charge is 2.41. The third-order valence-corrected chi connectivity index (χ3v) is 9.76. The highest BCUT2D eigenvalue weighted by molar-refractivity contribution is 6.42. The van der Waals surface area contributed by atoms with Crippen molar-refractivity contribution in [3.05, 3.63) is 69.7 Å². The molecule has 15 heteroatoms. The van der Waals surface area contributed by atoms with Crippen molar-refractivity contribution in [1.82, 2.24) is 20.0 Å². The number of urea groups is 1. The van der Waals surface area contributed by atoms with Gasteiger partial charge < -0.3 is 40.4 Å². The number of carbonyl (C=O) groups is 5. The molecule has 0 radical (unpaired) electrons. The smallest absolute Gasteiger partial charge is 0.336 e. The first-order valence-electron chi connectivity index (χ1n) is 16.0. The average Bonchev–Trinajstić information content (AvgIpc) is 3.04. The summed E-state index contributed by atoms with van der Waals surface area (Å²) in [6.45, 7) is 7.24. The molecule has 2 aliphatic heterocycles. The van der Waals surface area contributed by atoms with Gasteiger partial charge in [-0.05, 0) is 69.0 Å². The first-order chi connectivity index (χ1) is 23.0. The minimum atomic E-state index is -2.74. The number of benzene rings is 2. The van der Waals surface area contributed by atoms with E-state index < -0.39 is 36.4 Å². The molecule has 1 atom stereocenters. The zero-order valence-corrected chi connectivity index (χ0v) is 29.1. The van der Waals surface area contributed by atoms with Crippen molar-refractivity contribution in [3.8, 4) is 0 Å². The number of nitrogens with zero attached hydrogens (tertiary/aromatic N) is 3. The number of halogens is 2. The van der Waals surface area contributed by atoms with Crippen molar-refractivity contribution >= 4 is 53.0 Å². The molecule has 0 spiro atoms. The van der Waals surface area contributed by atoms with E-state index in [-0.39, 0.29) is 23.4 Å². The number of likely N-dealkylation sites (tertiary alicyclic amines) is 1. The lowest BCUT2D eigenvalue weighted by molar-refractivity contribution is -0.170. The fraction of sp³-hybridized carbons (Fsp3) is 0.500. The highest BCUT2D eigenvalue weighted by Crippen LogP contribution is 2.32. The van der Waals surface area contributed by atoms with Crippen molar-refractivity contribution in [2.75, 3.05) is 46.3 Å². The van der Waals surface area contributed by atoms with Gasteiger partial charge in [-0.15, -0.1) is 0 Å². The second-order valence-electron chi connectivity index (χ2n) is 12.8. The number of aliphatic carboxylic acids is 3. The Bertz CT molecular complexity index is 1470. The molecular formula is C34H44Cl2N4O9. The predicted molar refractivity (Wildman–Crippen MR) is 183 cm³/mol. The summed E-state index contributed by atoms with van der Waals surface area (Å²) in [5.41, 5.74) is -1.06. The van der Waals surface area contributed by atoms with Crippen molar-refractivity contribution in [2.24, 2.45) is 0 Å². The molecule has 0 unspecified atom stereocenters. The molecule has 4 rings (SSSR count). The number of carboxylic acid groups (broad SMARTS) is 3. The second kappa shape index (κ2) is 17.7. The quantitative estimate of drug-likeness (QED) is 0.200. The molecule has 268 valence electrons. The number of carboxylic acids is 3. The molecule has 2 aliphatic rings. The number of rotatable bonds is 13. The van der Waals surface area contributed by atoms with E-state index in [1.807, 2.05) is 60.5 Å². The van der Waals surface area contributed by atoms with Crippen LogP contribution in [0.15, 0.2) is 48.5 Å².